The van der Waals surface area contributed by atoms with E-state index < -0.39 is 0 Å². The molecule has 3 aromatic rings. The molecule has 5 heteroatoms. The summed E-state index contributed by atoms with van der Waals surface area (Å²) in [5.41, 5.74) is 2.78. The summed E-state index contributed by atoms with van der Waals surface area (Å²) >= 11 is 0. The van der Waals surface area contributed by atoms with Crippen molar-refractivity contribution in [3.05, 3.63) is 54.2 Å². The summed E-state index contributed by atoms with van der Waals surface area (Å²) in [7, 11) is 3.16. The van der Waals surface area contributed by atoms with Crippen molar-refractivity contribution in [1.82, 2.24) is 4.98 Å². The smallest absolute Gasteiger partial charge is 0.162 e. The van der Waals surface area contributed by atoms with Gasteiger partial charge in [-0.05, 0) is 18.2 Å². The van der Waals surface area contributed by atoms with Gasteiger partial charge in [-0.1, -0.05) is 18.2 Å². The second-order valence-corrected chi connectivity index (χ2v) is 4.87. The molecule has 2 aromatic carbocycles. The van der Waals surface area contributed by atoms with E-state index in [1.165, 1.54) is 0 Å². The maximum absolute atomic E-state index is 9.40. The summed E-state index contributed by atoms with van der Waals surface area (Å²) in [6.07, 6.45) is 1.56. The molecule has 0 saturated carbocycles. The van der Waals surface area contributed by atoms with Crippen LogP contribution in [0.3, 0.4) is 0 Å². The van der Waals surface area contributed by atoms with Crippen molar-refractivity contribution in [3.8, 4) is 17.6 Å². The number of hydrogen-bond acceptors (Lipinski definition) is 5. The van der Waals surface area contributed by atoms with Gasteiger partial charge in [-0.2, -0.15) is 5.26 Å². The van der Waals surface area contributed by atoms with E-state index in [1.54, 1.807) is 26.5 Å². The number of hydrogen-bond donors (Lipinski definition) is 1. The summed E-state index contributed by atoms with van der Waals surface area (Å²) < 4.78 is 10.7. The number of benzene rings is 2. The van der Waals surface area contributed by atoms with Crippen molar-refractivity contribution in [1.29, 1.82) is 5.26 Å². The fourth-order valence-corrected chi connectivity index (χ4v) is 2.40. The van der Waals surface area contributed by atoms with Gasteiger partial charge in [-0.3, -0.25) is 4.98 Å². The quantitative estimate of drug-likeness (QED) is 0.792. The maximum atomic E-state index is 9.40. The van der Waals surface area contributed by atoms with E-state index in [0.717, 1.165) is 16.6 Å². The minimum absolute atomic E-state index is 0.466. The van der Waals surface area contributed by atoms with Crippen LogP contribution in [0.15, 0.2) is 48.7 Å². The summed E-state index contributed by atoms with van der Waals surface area (Å²) in [4.78, 5) is 4.34. The molecule has 1 aromatic heterocycles. The van der Waals surface area contributed by atoms with Crippen molar-refractivity contribution in [2.45, 2.75) is 0 Å². The second kappa shape index (κ2) is 6.24. The number of para-hydroxylation sites is 1. The molecular weight excluding hydrogens is 290 g/mol. The van der Waals surface area contributed by atoms with Crippen molar-refractivity contribution in [2.24, 2.45) is 0 Å². The summed E-state index contributed by atoms with van der Waals surface area (Å²) in [6, 6.07) is 15.5. The van der Waals surface area contributed by atoms with E-state index in [1.807, 2.05) is 36.4 Å². The number of nitrogens with zero attached hydrogens (tertiary/aromatic N) is 2. The highest BCUT2D eigenvalue weighted by Gasteiger charge is 2.13. The zero-order valence-corrected chi connectivity index (χ0v) is 12.8. The molecule has 0 fully saturated rings. The van der Waals surface area contributed by atoms with Crippen LogP contribution in [0.4, 0.5) is 11.4 Å². The Bertz CT molecular complexity index is 886. The molecule has 1 N–H and O–H groups in total. The molecule has 0 unspecified atom stereocenters. The van der Waals surface area contributed by atoms with Gasteiger partial charge in [0, 0.05) is 23.3 Å². The lowest BCUT2D eigenvalue weighted by Gasteiger charge is -2.14. The summed E-state index contributed by atoms with van der Waals surface area (Å²) in [5.74, 6) is 1.19. The Kier molecular flexibility index (Phi) is 3.98. The van der Waals surface area contributed by atoms with Crippen molar-refractivity contribution in [2.75, 3.05) is 19.5 Å². The zero-order valence-electron chi connectivity index (χ0n) is 12.8. The molecule has 0 radical (unpaired) electrons. The van der Waals surface area contributed by atoms with E-state index in [2.05, 4.69) is 16.4 Å². The SMILES string of the molecule is COc1cc2ncc(C#N)c(Nc3ccccc3)c2cc1OC. The van der Waals surface area contributed by atoms with Gasteiger partial charge >= 0.3 is 0 Å². The zero-order chi connectivity index (χ0) is 16.2. The van der Waals surface area contributed by atoms with Crippen molar-refractivity contribution < 1.29 is 9.47 Å². The normalized spacial score (nSPS) is 10.1. The van der Waals surface area contributed by atoms with E-state index in [9.17, 15) is 5.26 Å². The predicted octanol–water partition coefficient (Wildman–Crippen LogP) is 3.87. The number of fused-ring (bicyclic) bond motifs is 1. The number of anilines is 2. The molecule has 0 aliphatic heterocycles. The lowest BCUT2D eigenvalue weighted by atomic mass is 10.1. The van der Waals surface area contributed by atoms with Gasteiger partial charge in [0.25, 0.3) is 0 Å². The molecule has 0 aliphatic rings. The molecule has 3 rings (SSSR count). The highest BCUT2D eigenvalue weighted by Crippen LogP contribution is 2.36. The molecule has 0 spiro atoms. The maximum Gasteiger partial charge on any atom is 0.162 e. The first kappa shape index (κ1) is 14.7. The number of aromatic nitrogens is 1. The van der Waals surface area contributed by atoms with Gasteiger partial charge in [0.2, 0.25) is 0 Å². The molecule has 5 nitrogen and oxygen atoms in total. The Morgan fingerprint density at radius 2 is 1.74 bits per heavy atom. The lowest BCUT2D eigenvalue weighted by molar-refractivity contribution is 0.356. The van der Waals surface area contributed by atoms with Crippen LogP contribution in [0.25, 0.3) is 10.9 Å². The standard InChI is InChI=1S/C18H15N3O2/c1-22-16-8-14-15(9-17(16)23-2)20-11-12(10-19)18(14)21-13-6-4-3-5-7-13/h3-9,11H,1-2H3,(H,20,21). The molecule has 0 bridgehead atoms. The Morgan fingerprint density at radius 1 is 1.04 bits per heavy atom. The molecule has 1 heterocycles. The third-order valence-electron chi connectivity index (χ3n) is 3.54. The Hall–Kier alpha value is -3.26. The third kappa shape index (κ3) is 2.74. The van der Waals surface area contributed by atoms with Crippen LogP contribution >= 0.6 is 0 Å². The first-order valence-electron chi connectivity index (χ1n) is 7.03. The first-order valence-corrected chi connectivity index (χ1v) is 7.03. The van der Waals surface area contributed by atoms with Crippen LogP contribution in [0.1, 0.15) is 5.56 Å². The van der Waals surface area contributed by atoms with Gasteiger partial charge in [0.05, 0.1) is 31.0 Å². The van der Waals surface area contributed by atoms with Crippen molar-refractivity contribution >= 4 is 22.3 Å². The average Bonchev–Trinajstić information content (AvgIpc) is 2.61. The third-order valence-corrected chi connectivity index (χ3v) is 3.54. The highest BCUT2D eigenvalue weighted by atomic mass is 16.5. The van der Waals surface area contributed by atoms with Gasteiger partial charge in [0.15, 0.2) is 11.5 Å². The lowest BCUT2D eigenvalue weighted by Crippen LogP contribution is -1.98. The number of nitriles is 1. The number of ether oxygens (including phenoxy) is 2. The topological polar surface area (TPSA) is 67.2 Å². The van der Waals surface area contributed by atoms with Gasteiger partial charge in [-0.25, -0.2) is 0 Å². The molecule has 0 aliphatic carbocycles. The minimum atomic E-state index is 0.466. The van der Waals surface area contributed by atoms with Crippen LogP contribution in [0.5, 0.6) is 11.5 Å². The number of nitrogens with one attached hydrogen (secondary N) is 1. The Labute approximate surface area is 134 Å². The minimum Gasteiger partial charge on any atom is -0.493 e. The number of methoxy groups -OCH3 is 2. The highest BCUT2D eigenvalue weighted by molar-refractivity contribution is 5.97. The van der Waals surface area contributed by atoms with E-state index >= 15 is 0 Å². The first-order chi connectivity index (χ1) is 11.3. The molecule has 114 valence electrons. The van der Waals surface area contributed by atoms with E-state index in [-0.39, 0.29) is 0 Å². The monoisotopic (exact) mass is 305 g/mol. The van der Waals surface area contributed by atoms with E-state index in [4.69, 9.17) is 9.47 Å². The second-order valence-electron chi connectivity index (χ2n) is 4.87. The Balaban J connectivity index is 2.22. The Morgan fingerprint density at radius 3 is 2.39 bits per heavy atom. The molecule has 0 amide bonds. The molecule has 0 atom stereocenters. The van der Waals surface area contributed by atoms with Crippen LogP contribution in [0.2, 0.25) is 0 Å². The van der Waals surface area contributed by atoms with Gasteiger partial charge in [0.1, 0.15) is 6.07 Å². The fourth-order valence-electron chi connectivity index (χ4n) is 2.40. The van der Waals surface area contributed by atoms with Crippen LogP contribution < -0.4 is 14.8 Å². The average molecular weight is 305 g/mol. The largest absolute Gasteiger partial charge is 0.493 e. The van der Waals surface area contributed by atoms with Crippen LogP contribution in [0, 0.1) is 11.3 Å². The summed E-state index contributed by atoms with van der Waals surface area (Å²) in [5, 5.41) is 13.5. The molecule has 23 heavy (non-hydrogen) atoms. The molecular formula is C18H15N3O2. The van der Waals surface area contributed by atoms with Crippen LogP contribution in [-0.2, 0) is 0 Å². The van der Waals surface area contributed by atoms with Gasteiger partial charge < -0.3 is 14.8 Å². The fraction of sp³-hybridized carbons (Fsp3) is 0.111. The summed E-state index contributed by atoms with van der Waals surface area (Å²) in [6.45, 7) is 0. The van der Waals surface area contributed by atoms with E-state index in [0.29, 0.717) is 22.7 Å². The van der Waals surface area contributed by atoms with Gasteiger partial charge in [-0.15, -0.1) is 0 Å². The molecule has 0 saturated heterocycles. The number of pyridine rings is 1. The van der Waals surface area contributed by atoms with Crippen LogP contribution in [-0.4, -0.2) is 19.2 Å². The predicted molar refractivity (Wildman–Crippen MR) is 89.3 cm³/mol. The van der Waals surface area contributed by atoms with Crippen molar-refractivity contribution in [3.63, 3.8) is 0 Å². The number of rotatable bonds is 4.